The lowest BCUT2D eigenvalue weighted by molar-refractivity contribution is -0.122. The number of rotatable bonds is 11. The Morgan fingerprint density at radius 1 is 1.10 bits per heavy atom. The molecule has 2 aliphatic heterocycles. The van der Waals surface area contributed by atoms with Crippen LogP contribution >= 0.6 is 0 Å². The molecule has 0 bridgehead atoms. The monoisotopic (exact) mass is 430 g/mol. The number of benzene rings is 1. The summed E-state index contributed by atoms with van der Waals surface area (Å²) in [6.07, 6.45) is 8.55. The van der Waals surface area contributed by atoms with Crippen molar-refractivity contribution >= 4 is 5.91 Å². The molecule has 3 unspecified atom stereocenters. The third-order valence-electron chi connectivity index (χ3n) is 6.86. The molecule has 2 heterocycles. The highest BCUT2D eigenvalue weighted by molar-refractivity contribution is 5.76. The van der Waals surface area contributed by atoms with E-state index in [-0.39, 0.29) is 11.9 Å². The Balaban J connectivity index is 1.59. The van der Waals surface area contributed by atoms with Crippen LogP contribution in [0.2, 0.25) is 0 Å². The lowest BCUT2D eigenvalue weighted by Gasteiger charge is -2.37. The van der Waals surface area contributed by atoms with Crippen molar-refractivity contribution in [3.8, 4) is 11.5 Å². The first-order valence-corrected chi connectivity index (χ1v) is 12.5. The maximum absolute atomic E-state index is 12.7. The quantitative estimate of drug-likeness (QED) is 0.511. The Labute approximate surface area is 188 Å². The highest BCUT2D eigenvalue weighted by atomic mass is 16.6. The van der Waals surface area contributed by atoms with Crippen molar-refractivity contribution in [1.82, 2.24) is 10.2 Å². The summed E-state index contributed by atoms with van der Waals surface area (Å²) >= 11 is 0. The van der Waals surface area contributed by atoms with Gasteiger partial charge in [-0.15, -0.1) is 0 Å². The predicted molar refractivity (Wildman–Crippen MR) is 126 cm³/mol. The molecule has 0 spiro atoms. The van der Waals surface area contributed by atoms with Crippen molar-refractivity contribution in [2.24, 2.45) is 11.8 Å². The van der Waals surface area contributed by atoms with E-state index in [1.54, 1.807) is 0 Å². The molecular weight excluding hydrogens is 388 g/mol. The van der Waals surface area contributed by atoms with Crippen LogP contribution in [0.1, 0.15) is 71.3 Å². The molecule has 1 aromatic rings. The van der Waals surface area contributed by atoms with E-state index in [1.807, 2.05) is 6.07 Å². The van der Waals surface area contributed by atoms with Gasteiger partial charge in [0.1, 0.15) is 13.2 Å². The number of hydrogen-bond acceptors (Lipinski definition) is 4. The average Bonchev–Trinajstić information content (AvgIpc) is 2.76. The van der Waals surface area contributed by atoms with Gasteiger partial charge in [-0.05, 0) is 55.3 Å². The smallest absolute Gasteiger partial charge is 0.220 e. The number of ether oxygens (including phenoxy) is 2. The van der Waals surface area contributed by atoms with Gasteiger partial charge in [0, 0.05) is 25.6 Å². The molecule has 1 fully saturated rings. The molecule has 0 aliphatic carbocycles. The van der Waals surface area contributed by atoms with Gasteiger partial charge in [-0.1, -0.05) is 52.5 Å². The van der Waals surface area contributed by atoms with Crippen molar-refractivity contribution in [2.45, 2.75) is 78.2 Å². The molecule has 2 aliphatic rings. The maximum Gasteiger partial charge on any atom is 0.220 e. The molecule has 1 N–H and O–H groups in total. The molecule has 1 amide bonds. The number of carbonyl (C=O) groups excluding carboxylic acids is 1. The standard InChI is InChI=1S/C26H42N2O3/c1-4-5-6-7-8-9-26(29)27-23(19-28-13-12-20(2)21(3)18-28)16-22-10-11-24-25(17-22)31-15-14-30-24/h10-11,17,20-21,23H,4-9,12-16,18-19H2,1-3H3,(H,27,29). The minimum Gasteiger partial charge on any atom is -0.486 e. The fourth-order valence-corrected chi connectivity index (χ4v) is 4.68. The zero-order chi connectivity index (χ0) is 22.1. The molecule has 3 atom stereocenters. The van der Waals surface area contributed by atoms with Gasteiger partial charge in [0.25, 0.3) is 0 Å². The Hall–Kier alpha value is -1.75. The summed E-state index contributed by atoms with van der Waals surface area (Å²) in [5.41, 5.74) is 1.19. The van der Waals surface area contributed by atoms with Crippen molar-refractivity contribution in [3.05, 3.63) is 23.8 Å². The molecule has 174 valence electrons. The number of amides is 1. The number of nitrogens with zero attached hydrogens (tertiary/aromatic N) is 1. The molecule has 0 aromatic heterocycles. The first-order chi connectivity index (χ1) is 15.0. The molecule has 5 heteroatoms. The van der Waals surface area contributed by atoms with Crippen LogP contribution in [0.3, 0.4) is 0 Å². The summed E-state index contributed by atoms with van der Waals surface area (Å²) in [5, 5.41) is 3.36. The van der Waals surface area contributed by atoms with E-state index < -0.39 is 0 Å². The van der Waals surface area contributed by atoms with E-state index >= 15 is 0 Å². The minimum atomic E-state index is 0.117. The maximum atomic E-state index is 12.7. The zero-order valence-electron chi connectivity index (χ0n) is 19.8. The molecule has 31 heavy (non-hydrogen) atoms. The van der Waals surface area contributed by atoms with E-state index in [0.717, 1.165) is 56.3 Å². The third-order valence-corrected chi connectivity index (χ3v) is 6.86. The van der Waals surface area contributed by atoms with Crippen molar-refractivity contribution in [2.75, 3.05) is 32.8 Å². The molecule has 3 rings (SSSR count). The van der Waals surface area contributed by atoms with Crippen molar-refractivity contribution in [1.29, 1.82) is 0 Å². The summed E-state index contributed by atoms with van der Waals surface area (Å²) in [7, 11) is 0. The van der Waals surface area contributed by atoms with E-state index in [0.29, 0.717) is 25.6 Å². The van der Waals surface area contributed by atoms with Crippen LogP contribution in [0.5, 0.6) is 11.5 Å². The molecule has 0 saturated carbocycles. The number of nitrogens with one attached hydrogen (secondary N) is 1. The van der Waals surface area contributed by atoms with Crippen LogP contribution in [-0.4, -0.2) is 49.7 Å². The minimum absolute atomic E-state index is 0.117. The van der Waals surface area contributed by atoms with Crippen molar-refractivity contribution < 1.29 is 14.3 Å². The summed E-state index contributed by atoms with van der Waals surface area (Å²) in [5.74, 6) is 3.33. The second-order valence-electron chi connectivity index (χ2n) is 9.61. The highest BCUT2D eigenvalue weighted by Gasteiger charge is 2.25. The number of hydrogen-bond donors (Lipinski definition) is 1. The average molecular weight is 431 g/mol. The lowest BCUT2D eigenvalue weighted by Crippen LogP contribution is -2.48. The Kier molecular flexibility index (Phi) is 9.51. The van der Waals surface area contributed by atoms with Crippen LogP contribution in [0.4, 0.5) is 0 Å². The summed E-state index contributed by atoms with van der Waals surface area (Å²) in [4.78, 5) is 15.2. The predicted octanol–water partition coefficient (Wildman–Crippen LogP) is 4.82. The molecule has 1 saturated heterocycles. The second kappa shape index (κ2) is 12.3. The highest BCUT2D eigenvalue weighted by Crippen LogP contribution is 2.31. The Bertz CT molecular complexity index is 693. The largest absolute Gasteiger partial charge is 0.486 e. The fraction of sp³-hybridized carbons (Fsp3) is 0.731. The molecule has 0 radical (unpaired) electrons. The van der Waals surface area contributed by atoms with Crippen LogP contribution in [-0.2, 0) is 11.2 Å². The van der Waals surface area contributed by atoms with E-state index in [2.05, 4.69) is 43.1 Å². The van der Waals surface area contributed by atoms with Gasteiger partial charge in [-0.3, -0.25) is 4.79 Å². The fourth-order valence-electron chi connectivity index (χ4n) is 4.68. The lowest BCUT2D eigenvalue weighted by atomic mass is 9.88. The number of fused-ring (bicyclic) bond motifs is 1. The van der Waals surface area contributed by atoms with Gasteiger partial charge in [0.15, 0.2) is 11.5 Å². The van der Waals surface area contributed by atoms with Crippen LogP contribution in [0.25, 0.3) is 0 Å². The van der Waals surface area contributed by atoms with Gasteiger partial charge >= 0.3 is 0 Å². The van der Waals surface area contributed by atoms with E-state index in [9.17, 15) is 4.79 Å². The topological polar surface area (TPSA) is 50.8 Å². The molecule has 5 nitrogen and oxygen atoms in total. The zero-order valence-corrected chi connectivity index (χ0v) is 19.8. The second-order valence-corrected chi connectivity index (χ2v) is 9.61. The van der Waals surface area contributed by atoms with Gasteiger partial charge in [-0.2, -0.15) is 0 Å². The van der Waals surface area contributed by atoms with Crippen LogP contribution in [0, 0.1) is 11.8 Å². The van der Waals surface area contributed by atoms with E-state index in [1.165, 1.54) is 31.2 Å². The summed E-state index contributed by atoms with van der Waals surface area (Å²) in [6, 6.07) is 6.31. The van der Waals surface area contributed by atoms with Gasteiger partial charge in [-0.25, -0.2) is 0 Å². The first kappa shape index (κ1) is 23.9. The van der Waals surface area contributed by atoms with Crippen molar-refractivity contribution in [3.63, 3.8) is 0 Å². The first-order valence-electron chi connectivity index (χ1n) is 12.5. The van der Waals surface area contributed by atoms with Gasteiger partial charge < -0.3 is 19.7 Å². The number of carbonyl (C=O) groups is 1. The SMILES string of the molecule is CCCCCCCC(=O)NC(Cc1ccc2c(c1)OCCO2)CN1CCC(C)C(C)C1. The normalized spacial score (nSPS) is 22.2. The summed E-state index contributed by atoms with van der Waals surface area (Å²) < 4.78 is 11.4. The summed E-state index contributed by atoms with van der Waals surface area (Å²) in [6.45, 7) is 11.3. The Morgan fingerprint density at radius 3 is 2.65 bits per heavy atom. The van der Waals surface area contributed by atoms with Crippen LogP contribution < -0.4 is 14.8 Å². The molecule has 1 aromatic carbocycles. The van der Waals surface area contributed by atoms with E-state index in [4.69, 9.17) is 9.47 Å². The Morgan fingerprint density at radius 2 is 1.87 bits per heavy atom. The third kappa shape index (κ3) is 7.71. The number of unbranched alkanes of at least 4 members (excludes halogenated alkanes) is 4. The molecular formula is C26H42N2O3. The number of piperidine rings is 1. The number of likely N-dealkylation sites (tertiary alicyclic amines) is 1. The van der Waals surface area contributed by atoms with Gasteiger partial charge in [0.2, 0.25) is 5.91 Å². The van der Waals surface area contributed by atoms with Gasteiger partial charge in [0.05, 0.1) is 0 Å². The van der Waals surface area contributed by atoms with Crippen LogP contribution in [0.15, 0.2) is 18.2 Å².